The number of hydrogen-bond donors (Lipinski definition) is 4. The van der Waals surface area contributed by atoms with Gasteiger partial charge in [0.15, 0.2) is 4.32 Å². The van der Waals surface area contributed by atoms with Crippen LogP contribution < -0.4 is 16.1 Å². The first-order valence-electron chi connectivity index (χ1n) is 9.92. The maximum absolute atomic E-state index is 12.8. The quantitative estimate of drug-likeness (QED) is 0.356. The van der Waals surface area contributed by atoms with Gasteiger partial charge in [-0.1, -0.05) is 31.5 Å². The van der Waals surface area contributed by atoms with Gasteiger partial charge in [0.1, 0.15) is 0 Å². The van der Waals surface area contributed by atoms with E-state index in [9.17, 15) is 4.79 Å². The van der Waals surface area contributed by atoms with E-state index in [2.05, 4.69) is 47.9 Å². The zero-order valence-corrected chi connectivity index (χ0v) is 18.1. The second-order valence-electron chi connectivity index (χ2n) is 6.99. The lowest BCUT2D eigenvalue weighted by atomic mass is 10.3. The summed E-state index contributed by atoms with van der Waals surface area (Å²) in [7, 11) is 0. The molecule has 0 spiro atoms. The smallest absolute Gasteiger partial charge is 0.285 e. The number of nitrogens with zero attached hydrogens (tertiary/aromatic N) is 5. The molecule has 12 heteroatoms. The van der Waals surface area contributed by atoms with E-state index in [1.165, 1.54) is 29.6 Å². The van der Waals surface area contributed by atoms with E-state index >= 15 is 0 Å². The van der Waals surface area contributed by atoms with Gasteiger partial charge in [0.2, 0.25) is 17.8 Å². The first-order valence-corrected chi connectivity index (χ1v) is 11.1. The minimum atomic E-state index is -0.270. The molecule has 0 aromatic carbocycles. The topological polar surface area (TPSA) is 124 Å². The number of rotatable bonds is 8. The number of nitrogens with one attached hydrogen (secondary N) is 4. The van der Waals surface area contributed by atoms with Gasteiger partial charge in [0, 0.05) is 12.6 Å². The minimum Gasteiger partial charge on any atom is -0.354 e. The summed E-state index contributed by atoms with van der Waals surface area (Å²) in [6.07, 6.45) is 10.4. The number of thioether (sulfide) groups is 1. The van der Waals surface area contributed by atoms with Gasteiger partial charge in [0.05, 0.1) is 23.1 Å². The maximum atomic E-state index is 12.8. The van der Waals surface area contributed by atoms with Crippen LogP contribution in [-0.4, -0.2) is 52.7 Å². The molecule has 1 aliphatic heterocycles. The molecule has 0 radical (unpaired) electrons. The number of thiocarbonyl (C=S) groups is 1. The summed E-state index contributed by atoms with van der Waals surface area (Å²) in [5, 5.41) is 7.84. The molecule has 2 aliphatic rings. The summed E-state index contributed by atoms with van der Waals surface area (Å²) in [6.45, 7) is 2.80. The zero-order valence-electron chi connectivity index (χ0n) is 16.5. The highest BCUT2D eigenvalue weighted by Gasteiger charge is 2.33. The Kier molecular flexibility index (Phi) is 6.43. The van der Waals surface area contributed by atoms with Gasteiger partial charge in [-0.05, 0) is 37.6 Å². The molecule has 2 aromatic heterocycles. The fraction of sp³-hybridized carbons (Fsp3) is 0.444. The molecule has 1 saturated carbocycles. The van der Waals surface area contributed by atoms with Crippen LogP contribution in [0.2, 0.25) is 0 Å². The number of carbonyl (C=O) groups is 1. The average Bonchev–Trinajstić information content (AvgIpc) is 3.47. The van der Waals surface area contributed by atoms with Crippen molar-refractivity contribution in [2.24, 2.45) is 0 Å². The highest BCUT2D eigenvalue weighted by Crippen LogP contribution is 2.32. The normalized spacial score (nSPS) is 18.4. The molecule has 2 fully saturated rings. The Morgan fingerprint density at radius 3 is 2.77 bits per heavy atom. The van der Waals surface area contributed by atoms with Crippen molar-refractivity contribution in [1.29, 1.82) is 0 Å². The summed E-state index contributed by atoms with van der Waals surface area (Å²) < 4.78 is 0.375. The molecule has 1 aliphatic carbocycles. The fourth-order valence-electron chi connectivity index (χ4n) is 3.21. The third-order valence-corrected chi connectivity index (χ3v) is 5.97. The lowest BCUT2D eigenvalue weighted by Crippen LogP contribution is -2.35. The Bertz CT molecular complexity index is 941. The van der Waals surface area contributed by atoms with E-state index in [0.29, 0.717) is 27.2 Å². The number of amides is 1. The minimum absolute atomic E-state index is 0.253. The number of hydrogen-bond acceptors (Lipinski definition) is 10. The molecule has 1 amide bonds. The number of carbonyl (C=O) groups excluding carboxylic acids is 1. The number of hydrazine groups is 1. The maximum Gasteiger partial charge on any atom is 0.285 e. The Morgan fingerprint density at radius 1 is 1.27 bits per heavy atom. The van der Waals surface area contributed by atoms with Crippen molar-refractivity contribution >= 4 is 58.1 Å². The molecule has 1 saturated heterocycles. The SMILES string of the molecule is CCCNc1nc(NC2CCCC2)nc(NN2C(=O)/C(=C/c3cnc[nH]3)SC2=S)n1. The average molecular weight is 446 g/mol. The van der Waals surface area contributed by atoms with Crippen LogP contribution >= 0.6 is 24.0 Å². The molecule has 10 nitrogen and oxygen atoms in total. The van der Waals surface area contributed by atoms with E-state index in [0.717, 1.165) is 31.5 Å². The van der Waals surface area contributed by atoms with Crippen LogP contribution in [0.15, 0.2) is 17.4 Å². The van der Waals surface area contributed by atoms with Crippen LogP contribution in [0.4, 0.5) is 17.8 Å². The molecule has 0 unspecified atom stereocenters. The second kappa shape index (κ2) is 9.39. The second-order valence-corrected chi connectivity index (χ2v) is 8.67. The van der Waals surface area contributed by atoms with Gasteiger partial charge in [-0.15, -0.1) is 0 Å². The van der Waals surface area contributed by atoms with Crippen molar-refractivity contribution in [2.45, 2.75) is 45.1 Å². The molecule has 2 aromatic rings. The van der Waals surface area contributed by atoms with Crippen LogP contribution in [0.5, 0.6) is 0 Å². The van der Waals surface area contributed by atoms with Crippen molar-refractivity contribution in [1.82, 2.24) is 29.9 Å². The number of anilines is 3. The molecule has 4 N–H and O–H groups in total. The van der Waals surface area contributed by atoms with Crippen LogP contribution in [0, 0.1) is 0 Å². The predicted octanol–water partition coefficient (Wildman–Crippen LogP) is 3.00. The summed E-state index contributed by atoms with van der Waals surface area (Å²) in [5.74, 6) is 0.918. The first-order chi connectivity index (χ1) is 14.6. The number of imidazole rings is 1. The number of aromatic nitrogens is 5. The lowest BCUT2D eigenvalue weighted by Gasteiger charge is -2.18. The molecule has 158 valence electrons. The van der Waals surface area contributed by atoms with E-state index in [4.69, 9.17) is 12.2 Å². The summed E-state index contributed by atoms with van der Waals surface area (Å²) in [6, 6.07) is 0.355. The monoisotopic (exact) mass is 445 g/mol. The van der Waals surface area contributed by atoms with Crippen LogP contribution in [0.25, 0.3) is 6.08 Å². The highest BCUT2D eigenvalue weighted by atomic mass is 32.2. The van der Waals surface area contributed by atoms with Gasteiger partial charge in [-0.2, -0.15) is 20.0 Å². The molecule has 4 rings (SSSR count). The van der Waals surface area contributed by atoms with E-state index in [1.807, 2.05) is 0 Å². The van der Waals surface area contributed by atoms with Gasteiger partial charge >= 0.3 is 0 Å². The first kappa shape index (κ1) is 20.5. The Morgan fingerprint density at radius 2 is 2.03 bits per heavy atom. The third kappa shape index (κ3) is 4.87. The van der Waals surface area contributed by atoms with Crippen molar-refractivity contribution in [3.05, 3.63) is 23.1 Å². The number of H-pyrrole nitrogens is 1. The van der Waals surface area contributed by atoms with Crippen molar-refractivity contribution < 1.29 is 4.79 Å². The lowest BCUT2D eigenvalue weighted by molar-refractivity contribution is -0.121. The molecular formula is C18H23N9OS2. The highest BCUT2D eigenvalue weighted by molar-refractivity contribution is 8.26. The van der Waals surface area contributed by atoms with Gasteiger partial charge in [-0.3, -0.25) is 10.2 Å². The van der Waals surface area contributed by atoms with Gasteiger partial charge < -0.3 is 15.6 Å². The summed E-state index contributed by atoms with van der Waals surface area (Å²) >= 11 is 6.58. The predicted molar refractivity (Wildman–Crippen MR) is 122 cm³/mol. The summed E-state index contributed by atoms with van der Waals surface area (Å²) in [5.41, 5.74) is 3.67. The molecule has 0 atom stereocenters. The van der Waals surface area contributed by atoms with Gasteiger partial charge in [-0.25, -0.2) is 4.98 Å². The fourth-order valence-corrected chi connectivity index (χ4v) is 4.38. The van der Waals surface area contributed by atoms with Crippen molar-refractivity contribution in [3.8, 4) is 0 Å². The Balaban J connectivity index is 1.53. The zero-order chi connectivity index (χ0) is 20.9. The van der Waals surface area contributed by atoms with Crippen LogP contribution in [0.1, 0.15) is 44.7 Å². The largest absolute Gasteiger partial charge is 0.354 e. The number of aromatic amines is 1. The molecule has 30 heavy (non-hydrogen) atoms. The Labute approximate surface area is 183 Å². The third-order valence-electron chi connectivity index (χ3n) is 4.67. The van der Waals surface area contributed by atoms with E-state index in [-0.39, 0.29) is 11.9 Å². The standard InChI is InChI=1S/C18H23N9OS2/c1-2-7-20-15-23-16(22-11-5-3-4-6-11)25-17(24-15)26-27-14(28)13(30-18(27)29)8-12-9-19-10-21-12/h8-11H,2-7H2,1H3,(H,19,21)(H3,20,22,23,24,25,26)/b13-8-. The Hall–Kier alpha value is -2.73. The molecular weight excluding hydrogens is 422 g/mol. The molecule has 3 heterocycles. The van der Waals surface area contributed by atoms with Crippen LogP contribution in [0.3, 0.4) is 0 Å². The van der Waals surface area contributed by atoms with Crippen LogP contribution in [-0.2, 0) is 4.79 Å². The van der Waals surface area contributed by atoms with E-state index in [1.54, 1.807) is 18.6 Å². The van der Waals surface area contributed by atoms with Crippen molar-refractivity contribution in [2.75, 3.05) is 22.6 Å². The summed E-state index contributed by atoms with van der Waals surface area (Å²) in [4.78, 5) is 33.5. The van der Waals surface area contributed by atoms with Crippen molar-refractivity contribution in [3.63, 3.8) is 0 Å². The van der Waals surface area contributed by atoms with E-state index < -0.39 is 0 Å². The van der Waals surface area contributed by atoms with Gasteiger partial charge in [0.25, 0.3) is 5.91 Å². The molecule has 0 bridgehead atoms.